The third-order valence-corrected chi connectivity index (χ3v) is 5.02. The maximum Gasteiger partial charge on any atom is 0.239 e. The van der Waals surface area contributed by atoms with Crippen molar-refractivity contribution in [1.29, 1.82) is 0 Å². The molecule has 1 aliphatic rings. The number of hydrogen-bond donors (Lipinski definition) is 3. The molecule has 2 rings (SSSR count). The van der Waals surface area contributed by atoms with Gasteiger partial charge in [-0.2, -0.15) is 0 Å². The standard InChI is InChI=1S/C19H33N5O2.HI/c1-4-14(5-2)17-11-16(26-24-17)12-21-19(20-3)22-13-18(25)23-15-9-7-6-8-10-15;/h11,14-15H,4-10,12-13H2,1-3H3,(H,23,25)(H2,20,21,22);1H. The molecule has 0 radical (unpaired) electrons. The zero-order valence-corrected chi connectivity index (χ0v) is 19.0. The van der Waals surface area contributed by atoms with Gasteiger partial charge in [0.25, 0.3) is 0 Å². The Kier molecular flexibility index (Phi) is 11.4. The van der Waals surface area contributed by atoms with E-state index in [2.05, 4.69) is 39.9 Å². The number of rotatable bonds is 8. The number of aromatic nitrogens is 1. The number of halogens is 1. The molecule has 8 heteroatoms. The first kappa shape index (κ1) is 23.7. The second kappa shape index (κ2) is 13.0. The summed E-state index contributed by atoms with van der Waals surface area (Å²) >= 11 is 0. The van der Waals surface area contributed by atoms with E-state index in [1.54, 1.807) is 7.05 Å². The Balaban J connectivity index is 0.00000364. The summed E-state index contributed by atoms with van der Waals surface area (Å²) in [5, 5.41) is 13.5. The fraction of sp³-hybridized carbons (Fsp3) is 0.737. The molecule has 3 N–H and O–H groups in total. The molecule has 0 atom stereocenters. The highest BCUT2D eigenvalue weighted by molar-refractivity contribution is 14.0. The molecule has 0 aromatic carbocycles. The molecule has 1 aliphatic carbocycles. The minimum absolute atomic E-state index is 0. The first-order valence-corrected chi connectivity index (χ1v) is 9.85. The smallest absolute Gasteiger partial charge is 0.239 e. The van der Waals surface area contributed by atoms with Crippen LogP contribution in [0.1, 0.15) is 76.2 Å². The molecule has 0 unspecified atom stereocenters. The first-order valence-electron chi connectivity index (χ1n) is 9.85. The van der Waals surface area contributed by atoms with Crippen molar-refractivity contribution in [3.8, 4) is 0 Å². The van der Waals surface area contributed by atoms with Crippen molar-refractivity contribution >= 4 is 35.8 Å². The van der Waals surface area contributed by atoms with Crippen molar-refractivity contribution in [2.24, 2.45) is 4.99 Å². The summed E-state index contributed by atoms with van der Waals surface area (Å²) in [5.41, 5.74) is 1.00. The second-order valence-electron chi connectivity index (χ2n) is 6.91. The van der Waals surface area contributed by atoms with Crippen molar-refractivity contribution in [3.05, 3.63) is 17.5 Å². The zero-order chi connectivity index (χ0) is 18.8. The highest BCUT2D eigenvalue weighted by Gasteiger charge is 2.16. The lowest BCUT2D eigenvalue weighted by atomic mass is 9.95. The van der Waals surface area contributed by atoms with Gasteiger partial charge in [0.15, 0.2) is 11.7 Å². The summed E-state index contributed by atoms with van der Waals surface area (Å²) in [6, 6.07) is 2.32. The summed E-state index contributed by atoms with van der Waals surface area (Å²) in [4.78, 5) is 16.2. The quantitative estimate of drug-likeness (QED) is 0.295. The van der Waals surface area contributed by atoms with Crippen molar-refractivity contribution in [2.75, 3.05) is 13.6 Å². The number of amides is 1. The molecule has 1 fully saturated rings. The van der Waals surface area contributed by atoms with Crippen LogP contribution in [0.4, 0.5) is 0 Å². The van der Waals surface area contributed by atoms with Gasteiger partial charge in [-0.05, 0) is 25.7 Å². The molecule has 0 aliphatic heterocycles. The topological polar surface area (TPSA) is 91.5 Å². The van der Waals surface area contributed by atoms with E-state index in [-0.39, 0.29) is 36.4 Å². The monoisotopic (exact) mass is 491 g/mol. The van der Waals surface area contributed by atoms with Gasteiger partial charge < -0.3 is 20.5 Å². The lowest BCUT2D eigenvalue weighted by molar-refractivity contribution is -0.120. The molecule has 154 valence electrons. The number of hydrogen-bond acceptors (Lipinski definition) is 4. The average molecular weight is 491 g/mol. The van der Waals surface area contributed by atoms with Gasteiger partial charge in [-0.1, -0.05) is 38.3 Å². The molecule has 1 aromatic heterocycles. The molecule has 0 saturated heterocycles. The average Bonchev–Trinajstić information content (AvgIpc) is 3.12. The number of aliphatic imine (C=N–C) groups is 1. The molecular formula is C19H34IN5O2. The van der Waals surface area contributed by atoms with E-state index in [1.807, 2.05) is 6.07 Å². The van der Waals surface area contributed by atoms with E-state index in [0.717, 1.165) is 37.1 Å². The van der Waals surface area contributed by atoms with Crippen molar-refractivity contribution in [1.82, 2.24) is 21.1 Å². The van der Waals surface area contributed by atoms with Crippen LogP contribution in [0.15, 0.2) is 15.6 Å². The van der Waals surface area contributed by atoms with Crippen molar-refractivity contribution in [3.63, 3.8) is 0 Å². The van der Waals surface area contributed by atoms with Gasteiger partial charge in [-0.25, -0.2) is 0 Å². The van der Waals surface area contributed by atoms with E-state index in [9.17, 15) is 4.79 Å². The maximum absolute atomic E-state index is 12.1. The molecule has 1 amide bonds. The third-order valence-electron chi connectivity index (χ3n) is 5.02. The highest BCUT2D eigenvalue weighted by Crippen LogP contribution is 2.22. The minimum Gasteiger partial charge on any atom is -0.359 e. The van der Waals surface area contributed by atoms with E-state index in [1.165, 1.54) is 19.3 Å². The molecular weight excluding hydrogens is 457 g/mol. The molecule has 0 spiro atoms. The number of nitrogens with one attached hydrogen (secondary N) is 3. The van der Waals surface area contributed by atoms with Crippen molar-refractivity contribution in [2.45, 2.75) is 77.3 Å². The number of carbonyl (C=O) groups excluding carboxylic acids is 1. The number of nitrogens with zero attached hydrogens (tertiary/aromatic N) is 2. The Bertz CT molecular complexity index is 580. The Labute approximate surface area is 179 Å². The summed E-state index contributed by atoms with van der Waals surface area (Å²) in [7, 11) is 1.68. The second-order valence-corrected chi connectivity index (χ2v) is 6.91. The number of carbonyl (C=O) groups is 1. The SMILES string of the molecule is CCC(CC)c1cc(CNC(=NC)NCC(=O)NC2CCCCC2)on1.I. The Morgan fingerprint density at radius 1 is 1.26 bits per heavy atom. The van der Waals surface area contributed by atoms with Gasteiger partial charge in [0.1, 0.15) is 0 Å². The fourth-order valence-corrected chi connectivity index (χ4v) is 3.39. The Morgan fingerprint density at radius 3 is 2.59 bits per heavy atom. The van der Waals surface area contributed by atoms with Gasteiger partial charge in [-0.15, -0.1) is 24.0 Å². The lowest BCUT2D eigenvalue weighted by Crippen LogP contribution is -2.45. The summed E-state index contributed by atoms with van der Waals surface area (Å²) in [6.45, 7) is 5.01. The minimum atomic E-state index is 0. The predicted octanol–water partition coefficient (Wildman–Crippen LogP) is 3.31. The van der Waals surface area contributed by atoms with E-state index in [0.29, 0.717) is 24.5 Å². The molecule has 27 heavy (non-hydrogen) atoms. The summed E-state index contributed by atoms with van der Waals surface area (Å²) < 4.78 is 5.40. The zero-order valence-electron chi connectivity index (χ0n) is 16.7. The Morgan fingerprint density at radius 2 is 1.96 bits per heavy atom. The fourth-order valence-electron chi connectivity index (χ4n) is 3.39. The van der Waals surface area contributed by atoms with E-state index >= 15 is 0 Å². The van der Waals surface area contributed by atoms with E-state index < -0.39 is 0 Å². The van der Waals surface area contributed by atoms with Crippen LogP contribution < -0.4 is 16.0 Å². The molecule has 1 aromatic rings. The van der Waals surface area contributed by atoms with Gasteiger partial charge in [-0.3, -0.25) is 9.79 Å². The van der Waals surface area contributed by atoms with Crippen molar-refractivity contribution < 1.29 is 9.32 Å². The first-order chi connectivity index (χ1) is 12.7. The van der Waals surface area contributed by atoms with Crippen LogP contribution in [-0.2, 0) is 11.3 Å². The maximum atomic E-state index is 12.1. The summed E-state index contributed by atoms with van der Waals surface area (Å²) in [5.74, 6) is 1.79. The molecule has 7 nitrogen and oxygen atoms in total. The molecule has 0 bridgehead atoms. The molecule has 1 heterocycles. The van der Waals surface area contributed by atoms with Crippen LogP contribution in [-0.4, -0.2) is 36.7 Å². The number of guanidine groups is 1. The predicted molar refractivity (Wildman–Crippen MR) is 118 cm³/mol. The van der Waals surface area contributed by atoms with Gasteiger partial charge in [0, 0.05) is 25.1 Å². The summed E-state index contributed by atoms with van der Waals surface area (Å²) in [6.07, 6.45) is 7.97. The van der Waals surface area contributed by atoms with Gasteiger partial charge >= 0.3 is 0 Å². The van der Waals surface area contributed by atoms with Crippen LogP contribution in [0.3, 0.4) is 0 Å². The molecule has 1 saturated carbocycles. The largest absolute Gasteiger partial charge is 0.359 e. The van der Waals surface area contributed by atoms with Crippen LogP contribution in [0.2, 0.25) is 0 Å². The van der Waals surface area contributed by atoms with Crippen LogP contribution in [0, 0.1) is 0 Å². The van der Waals surface area contributed by atoms with Crippen LogP contribution in [0.25, 0.3) is 0 Å². The van der Waals surface area contributed by atoms with Crippen LogP contribution >= 0.6 is 24.0 Å². The van der Waals surface area contributed by atoms with Gasteiger partial charge in [0.2, 0.25) is 5.91 Å². The van der Waals surface area contributed by atoms with Crippen LogP contribution in [0.5, 0.6) is 0 Å². The lowest BCUT2D eigenvalue weighted by Gasteiger charge is -2.23. The normalized spacial score (nSPS) is 15.3. The Hall–Kier alpha value is -1.32. The third kappa shape index (κ3) is 8.06. The highest BCUT2D eigenvalue weighted by atomic mass is 127. The van der Waals surface area contributed by atoms with E-state index in [4.69, 9.17) is 4.52 Å². The van der Waals surface area contributed by atoms with Gasteiger partial charge in [0.05, 0.1) is 18.8 Å².